The average molecular weight is 196 g/mol. The highest BCUT2D eigenvalue weighted by Gasteiger charge is 1.76. The Balaban J connectivity index is -0.000000123. The van der Waals surface area contributed by atoms with E-state index in [2.05, 4.69) is 58.6 Å². The fourth-order valence-electron chi connectivity index (χ4n) is 0.393. The zero-order valence-electron chi connectivity index (χ0n) is 11.3. The van der Waals surface area contributed by atoms with Crippen molar-refractivity contribution in [1.29, 1.82) is 0 Å². The molecule has 0 unspecified atom stereocenters. The van der Waals surface area contributed by atoms with Crippen LogP contribution in [0.5, 0.6) is 0 Å². The number of hydrogen-bond acceptors (Lipinski definition) is 0. The van der Waals surface area contributed by atoms with Gasteiger partial charge in [-0.25, -0.2) is 0 Å². The molecule has 1 aliphatic carbocycles. The van der Waals surface area contributed by atoms with Gasteiger partial charge >= 0.3 is 0 Å². The Bertz CT molecular complexity index is 99.6. The van der Waals surface area contributed by atoms with Crippen LogP contribution in [0.15, 0.2) is 24.3 Å². The minimum Gasteiger partial charge on any atom is -0.0865 e. The third kappa shape index (κ3) is 62.1. The van der Waals surface area contributed by atoms with Gasteiger partial charge in [-0.2, -0.15) is 0 Å². The van der Waals surface area contributed by atoms with Crippen molar-refractivity contribution < 1.29 is 0 Å². The molecular formula is C13H29B. The van der Waals surface area contributed by atoms with Crippen molar-refractivity contribution in [2.45, 2.75) is 61.0 Å². The monoisotopic (exact) mass is 196 g/mol. The fourth-order valence-corrected chi connectivity index (χ4v) is 0.393. The van der Waals surface area contributed by atoms with Crippen molar-refractivity contribution in [3.63, 3.8) is 0 Å². The number of rotatable bonds is 0. The molecule has 0 bridgehead atoms. The second kappa shape index (κ2) is 22.9. The summed E-state index contributed by atoms with van der Waals surface area (Å²) in [6, 6.07) is 0. The van der Waals surface area contributed by atoms with Gasteiger partial charge in [0, 0.05) is 0 Å². The first-order chi connectivity index (χ1) is 6.65. The Morgan fingerprint density at radius 1 is 0.929 bits per heavy atom. The molecule has 0 aliphatic heterocycles. The van der Waals surface area contributed by atoms with E-state index < -0.39 is 0 Å². The first-order valence-corrected chi connectivity index (χ1v) is 5.96. The Morgan fingerprint density at radius 3 is 1.21 bits per heavy atom. The lowest BCUT2D eigenvalue weighted by Gasteiger charge is -1.71. The molecule has 0 amide bonds. The van der Waals surface area contributed by atoms with Gasteiger partial charge in [0.05, 0.1) is 0 Å². The van der Waals surface area contributed by atoms with E-state index in [0.29, 0.717) is 0 Å². The molecular weight excluding hydrogens is 167 g/mol. The Hall–Kier alpha value is -0.455. The summed E-state index contributed by atoms with van der Waals surface area (Å²) >= 11 is 0. The summed E-state index contributed by atoms with van der Waals surface area (Å²) in [5.41, 5.74) is 0. The molecule has 0 radical (unpaired) electrons. The predicted molar refractivity (Wildman–Crippen MR) is 73.6 cm³/mol. The second-order valence-corrected chi connectivity index (χ2v) is 3.53. The van der Waals surface area contributed by atoms with Crippen molar-refractivity contribution in [2.75, 3.05) is 0 Å². The van der Waals surface area contributed by atoms with Gasteiger partial charge in [0.25, 0.3) is 0 Å². The molecule has 0 aromatic heterocycles. The lowest BCUT2D eigenvalue weighted by atomic mass is 9.58. The van der Waals surface area contributed by atoms with Crippen molar-refractivity contribution in [3.8, 4) is 0 Å². The SMILES string of the molecule is C1=CCC=C1.CB(C)C.CC.CCC. The van der Waals surface area contributed by atoms with Gasteiger partial charge in [0.1, 0.15) is 6.71 Å². The Labute approximate surface area is 92.6 Å². The topological polar surface area (TPSA) is 0 Å². The standard InChI is InChI=1S/C5H6.C3H9B.C3H8.C2H6/c1-2-4-5-3-1;1-4(2)3;1-3-2;1-2/h1-4H,5H2;1-3H3;3H2,1-2H3;1-2H3. The van der Waals surface area contributed by atoms with Gasteiger partial charge in [-0.3, -0.25) is 0 Å². The summed E-state index contributed by atoms with van der Waals surface area (Å²) in [6.45, 7) is 15.6. The minimum absolute atomic E-state index is 0.833. The highest BCUT2D eigenvalue weighted by molar-refractivity contribution is 6.54. The van der Waals surface area contributed by atoms with Gasteiger partial charge in [-0.15, -0.1) is 0 Å². The molecule has 0 aromatic rings. The molecule has 0 spiro atoms. The van der Waals surface area contributed by atoms with E-state index in [4.69, 9.17) is 0 Å². The molecule has 84 valence electrons. The number of hydrogen-bond donors (Lipinski definition) is 0. The maximum absolute atomic E-state index is 2.17. The van der Waals surface area contributed by atoms with E-state index >= 15 is 0 Å². The lowest BCUT2D eigenvalue weighted by Crippen LogP contribution is -1.84. The van der Waals surface area contributed by atoms with Gasteiger partial charge < -0.3 is 0 Å². The predicted octanol–water partition coefficient (Wildman–Crippen LogP) is 5.32. The lowest BCUT2D eigenvalue weighted by molar-refractivity contribution is 1.09. The fraction of sp³-hybridized carbons (Fsp3) is 0.692. The third-order valence-corrected chi connectivity index (χ3v) is 0.655. The van der Waals surface area contributed by atoms with E-state index in [1.165, 1.54) is 6.42 Å². The van der Waals surface area contributed by atoms with Crippen LogP contribution in [0, 0.1) is 0 Å². The third-order valence-electron chi connectivity index (χ3n) is 0.655. The zero-order chi connectivity index (χ0) is 11.8. The Morgan fingerprint density at radius 2 is 1.14 bits per heavy atom. The van der Waals surface area contributed by atoms with E-state index in [1.54, 1.807) is 0 Å². The molecule has 1 rings (SSSR count). The molecule has 0 heterocycles. The van der Waals surface area contributed by atoms with Crippen molar-refractivity contribution in [2.24, 2.45) is 0 Å². The van der Waals surface area contributed by atoms with Crippen molar-refractivity contribution in [3.05, 3.63) is 24.3 Å². The molecule has 0 saturated carbocycles. The van der Waals surface area contributed by atoms with E-state index in [1.807, 2.05) is 13.8 Å². The van der Waals surface area contributed by atoms with Crippen molar-refractivity contribution >= 4 is 6.71 Å². The van der Waals surface area contributed by atoms with Crippen LogP contribution in [-0.4, -0.2) is 6.71 Å². The highest BCUT2D eigenvalue weighted by Crippen LogP contribution is 1.93. The molecule has 0 fully saturated rings. The van der Waals surface area contributed by atoms with Crippen molar-refractivity contribution in [1.82, 2.24) is 0 Å². The number of allylic oxidation sites excluding steroid dienone is 4. The van der Waals surface area contributed by atoms with E-state index in [0.717, 1.165) is 13.1 Å². The average Bonchev–Trinajstić information content (AvgIpc) is 2.64. The second-order valence-electron chi connectivity index (χ2n) is 3.53. The van der Waals surface area contributed by atoms with Crippen LogP contribution in [0.1, 0.15) is 40.5 Å². The maximum atomic E-state index is 2.17. The quantitative estimate of drug-likeness (QED) is 0.460. The summed E-state index contributed by atoms with van der Waals surface area (Å²) < 4.78 is 0. The normalized spacial score (nSPS) is 9.93. The molecule has 0 nitrogen and oxygen atoms in total. The largest absolute Gasteiger partial charge is 0.130 e. The van der Waals surface area contributed by atoms with Gasteiger partial charge in [0.15, 0.2) is 0 Å². The van der Waals surface area contributed by atoms with Crippen LogP contribution in [-0.2, 0) is 0 Å². The van der Waals surface area contributed by atoms with Gasteiger partial charge in [-0.1, -0.05) is 78.9 Å². The molecule has 0 saturated heterocycles. The van der Waals surface area contributed by atoms with Crippen LogP contribution < -0.4 is 0 Å². The summed E-state index contributed by atoms with van der Waals surface area (Å²) in [4.78, 5) is 0. The van der Waals surface area contributed by atoms with E-state index in [-0.39, 0.29) is 0 Å². The van der Waals surface area contributed by atoms with Crippen LogP contribution in [0.25, 0.3) is 0 Å². The first kappa shape index (κ1) is 19.2. The summed E-state index contributed by atoms with van der Waals surface area (Å²) in [5, 5.41) is 0. The maximum Gasteiger partial charge on any atom is 0.130 e. The molecule has 0 N–H and O–H groups in total. The summed E-state index contributed by atoms with van der Waals surface area (Å²) in [5.74, 6) is 0. The molecule has 14 heavy (non-hydrogen) atoms. The summed E-state index contributed by atoms with van der Waals surface area (Å²) in [6.07, 6.45) is 10.8. The zero-order valence-corrected chi connectivity index (χ0v) is 11.3. The molecule has 1 heteroatoms. The van der Waals surface area contributed by atoms with Gasteiger partial charge in [0.2, 0.25) is 0 Å². The molecule has 0 aromatic carbocycles. The van der Waals surface area contributed by atoms with Crippen LogP contribution in [0.3, 0.4) is 0 Å². The van der Waals surface area contributed by atoms with Gasteiger partial charge in [-0.05, 0) is 6.42 Å². The smallest absolute Gasteiger partial charge is 0.0865 e. The minimum atomic E-state index is 0.833. The summed E-state index contributed by atoms with van der Waals surface area (Å²) in [7, 11) is 0. The highest BCUT2D eigenvalue weighted by atomic mass is 13.8. The first-order valence-electron chi connectivity index (χ1n) is 5.96. The van der Waals surface area contributed by atoms with Crippen LogP contribution in [0.4, 0.5) is 0 Å². The molecule has 0 atom stereocenters. The Kier molecular flexibility index (Phi) is 31.4. The molecule has 1 aliphatic rings. The van der Waals surface area contributed by atoms with Crippen LogP contribution >= 0.6 is 0 Å². The van der Waals surface area contributed by atoms with Crippen LogP contribution in [0.2, 0.25) is 20.5 Å². The van der Waals surface area contributed by atoms with E-state index in [9.17, 15) is 0 Å².